The summed E-state index contributed by atoms with van der Waals surface area (Å²) in [5.74, 6) is -0.205. The number of hydrogen-bond acceptors (Lipinski definition) is 2. The number of unbranched alkanes of at least 4 members (excludes halogenated alkanes) is 1. The molecule has 0 aliphatic rings. The van der Waals surface area contributed by atoms with Gasteiger partial charge >= 0.3 is 0 Å². The topological polar surface area (TPSA) is 26.3 Å². The lowest BCUT2D eigenvalue weighted by Crippen LogP contribution is -2.23. The van der Waals surface area contributed by atoms with E-state index in [1.165, 1.54) is 0 Å². The third kappa shape index (κ3) is 4.73. The summed E-state index contributed by atoms with van der Waals surface area (Å²) in [7, 11) is 0. The molecule has 0 heterocycles. The van der Waals surface area contributed by atoms with Crippen LogP contribution in [0.5, 0.6) is 0 Å². The highest BCUT2D eigenvalue weighted by Gasteiger charge is 2.18. The molecule has 0 saturated heterocycles. The van der Waals surface area contributed by atoms with Gasteiger partial charge in [-0.25, -0.2) is 0 Å². The third-order valence-corrected chi connectivity index (χ3v) is 2.28. The molecule has 0 rings (SSSR count). The van der Waals surface area contributed by atoms with E-state index in [-0.39, 0.29) is 17.3 Å². The second-order valence-electron chi connectivity index (χ2n) is 3.02. The predicted octanol–water partition coefficient (Wildman–Crippen LogP) is 2.59. The molecule has 2 atom stereocenters. The maximum Gasteiger partial charge on any atom is 0.227 e. The van der Waals surface area contributed by atoms with Crippen molar-refractivity contribution in [2.45, 2.75) is 39.7 Å². The van der Waals surface area contributed by atoms with Crippen LogP contribution in [-0.4, -0.2) is 18.0 Å². The van der Waals surface area contributed by atoms with Crippen LogP contribution in [0.15, 0.2) is 0 Å². The maximum absolute atomic E-state index is 10.7. The second-order valence-corrected chi connectivity index (χ2v) is 3.39. The SMILES string of the molecule is CCCCO[C@@H](C)[C@@H](C)C(=O)Cl. The minimum atomic E-state index is -0.320. The molecular weight excluding hydrogens is 176 g/mol. The molecule has 0 aliphatic heterocycles. The van der Waals surface area contributed by atoms with Crippen LogP contribution in [0, 0.1) is 5.92 Å². The van der Waals surface area contributed by atoms with Crippen LogP contribution in [-0.2, 0) is 9.53 Å². The average molecular weight is 193 g/mol. The molecule has 12 heavy (non-hydrogen) atoms. The van der Waals surface area contributed by atoms with E-state index in [0.717, 1.165) is 12.8 Å². The van der Waals surface area contributed by atoms with E-state index in [0.29, 0.717) is 6.61 Å². The van der Waals surface area contributed by atoms with Crippen molar-refractivity contribution >= 4 is 16.8 Å². The summed E-state index contributed by atoms with van der Waals surface area (Å²) in [5.41, 5.74) is 0. The first-order valence-corrected chi connectivity index (χ1v) is 4.78. The summed E-state index contributed by atoms with van der Waals surface area (Å²) in [6, 6.07) is 0. The van der Waals surface area contributed by atoms with Crippen LogP contribution in [0.2, 0.25) is 0 Å². The molecule has 0 radical (unpaired) electrons. The van der Waals surface area contributed by atoms with Crippen LogP contribution in [0.3, 0.4) is 0 Å². The van der Waals surface area contributed by atoms with Crippen LogP contribution in [0.1, 0.15) is 33.6 Å². The highest BCUT2D eigenvalue weighted by Crippen LogP contribution is 2.10. The van der Waals surface area contributed by atoms with Crippen molar-refractivity contribution in [3.63, 3.8) is 0 Å². The molecular formula is C9H17ClO2. The van der Waals surface area contributed by atoms with Gasteiger partial charge in [-0.15, -0.1) is 0 Å². The normalized spacial score (nSPS) is 15.7. The molecule has 0 aromatic heterocycles. The van der Waals surface area contributed by atoms with Crippen molar-refractivity contribution in [2.24, 2.45) is 5.92 Å². The smallest absolute Gasteiger partial charge is 0.227 e. The van der Waals surface area contributed by atoms with Gasteiger partial charge in [-0.05, 0) is 24.9 Å². The summed E-state index contributed by atoms with van der Waals surface area (Å²) in [6.45, 7) is 6.48. The van der Waals surface area contributed by atoms with Gasteiger partial charge in [-0.3, -0.25) is 4.79 Å². The quantitative estimate of drug-likeness (QED) is 0.478. The third-order valence-electron chi connectivity index (χ3n) is 1.94. The Balaban J connectivity index is 3.56. The number of hydrogen-bond donors (Lipinski definition) is 0. The molecule has 0 unspecified atom stereocenters. The molecule has 0 spiro atoms. The summed E-state index contributed by atoms with van der Waals surface area (Å²) in [6.07, 6.45) is 2.07. The van der Waals surface area contributed by atoms with Gasteiger partial charge < -0.3 is 4.74 Å². The highest BCUT2D eigenvalue weighted by molar-refractivity contribution is 6.64. The van der Waals surface area contributed by atoms with E-state index < -0.39 is 0 Å². The van der Waals surface area contributed by atoms with Crippen LogP contribution in [0.4, 0.5) is 0 Å². The minimum absolute atomic E-state index is 0.0680. The Morgan fingerprint density at radius 1 is 1.50 bits per heavy atom. The van der Waals surface area contributed by atoms with Crippen molar-refractivity contribution < 1.29 is 9.53 Å². The van der Waals surface area contributed by atoms with Crippen molar-refractivity contribution in [1.82, 2.24) is 0 Å². The van der Waals surface area contributed by atoms with Gasteiger partial charge in [0.05, 0.1) is 12.0 Å². The van der Waals surface area contributed by atoms with E-state index in [2.05, 4.69) is 6.92 Å². The van der Waals surface area contributed by atoms with Crippen molar-refractivity contribution in [2.75, 3.05) is 6.61 Å². The van der Waals surface area contributed by atoms with Gasteiger partial charge in [0.25, 0.3) is 0 Å². The number of carbonyl (C=O) groups excluding carboxylic acids is 1. The van der Waals surface area contributed by atoms with Gasteiger partial charge in [0.2, 0.25) is 5.24 Å². The van der Waals surface area contributed by atoms with Gasteiger partial charge in [-0.1, -0.05) is 20.3 Å². The number of ether oxygens (including phenoxy) is 1. The molecule has 0 aromatic carbocycles. The first kappa shape index (κ1) is 11.9. The lowest BCUT2D eigenvalue weighted by Gasteiger charge is -2.16. The second kappa shape index (κ2) is 6.44. The van der Waals surface area contributed by atoms with E-state index in [4.69, 9.17) is 16.3 Å². The molecule has 0 fully saturated rings. The molecule has 72 valence electrons. The van der Waals surface area contributed by atoms with Crippen molar-refractivity contribution in [1.29, 1.82) is 0 Å². The summed E-state index contributed by atoms with van der Waals surface area (Å²) in [5, 5.41) is -0.320. The molecule has 3 heteroatoms. The zero-order chi connectivity index (χ0) is 9.56. The minimum Gasteiger partial charge on any atom is -0.378 e. The van der Waals surface area contributed by atoms with E-state index in [1.54, 1.807) is 6.92 Å². The lowest BCUT2D eigenvalue weighted by atomic mass is 10.1. The van der Waals surface area contributed by atoms with Crippen LogP contribution in [0.25, 0.3) is 0 Å². The summed E-state index contributed by atoms with van der Waals surface area (Å²) >= 11 is 5.32. The standard InChI is InChI=1S/C9H17ClO2/c1-4-5-6-12-8(3)7(2)9(10)11/h7-8H,4-6H2,1-3H3/t7-,8+/m1/s1. The monoisotopic (exact) mass is 192 g/mol. The molecule has 0 bridgehead atoms. The number of halogens is 1. The molecule has 0 aromatic rings. The Labute approximate surface area is 79.2 Å². The first-order chi connectivity index (χ1) is 5.59. The molecule has 0 saturated carbocycles. The van der Waals surface area contributed by atoms with Crippen molar-refractivity contribution in [3.8, 4) is 0 Å². The van der Waals surface area contributed by atoms with Crippen molar-refractivity contribution in [3.05, 3.63) is 0 Å². The van der Waals surface area contributed by atoms with E-state index in [9.17, 15) is 4.79 Å². The van der Waals surface area contributed by atoms with Crippen LogP contribution >= 0.6 is 11.6 Å². The Kier molecular flexibility index (Phi) is 6.39. The fraction of sp³-hybridized carbons (Fsp3) is 0.889. The fourth-order valence-corrected chi connectivity index (χ4v) is 0.920. The highest BCUT2D eigenvalue weighted by atomic mass is 35.5. The van der Waals surface area contributed by atoms with Gasteiger partial charge in [0, 0.05) is 6.61 Å². The largest absolute Gasteiger partial charge is 0.378 e. The fourth-order valence-electron chi connectivity index (χ4n) is 0.742. The Morgan fingerprint density at radius 3 is 2.50 bits per heavy atom. The average Bonchev–Trinajstić information content (AvgIpc) is 2.03. The summed E-state index contributed by atoms with van der Waals surface area (Å²) < 4.78 is 5.40. The predicted molar refractivity (Wildman–Crippen MR) is 50.3 cm³/mol. The lowest BCUT2D eigenvalue weighted by molar-refractivity contribution is -0.118. The van der Waals surface area contributed by atoms with E-state index in [1.807, 2.05) is 6.92 Å². The molecule has 0 aliphatic carbocycles. The number of carbonyl (C=O) groups is 1. The Morgan fingerprint density at radius 2 is 2.08 bits per heavy atom. The zero-order valence-electron chi connectivity index (χ0n) is 7.97. The van der Waals surface area contributed by atoms with Gasteiger partial charge in [0.15, 0.2) is 0 Å². The molecule has 0 N–H and O–H groups in total. The van der Waals surface area contributed by atoms with E-state index >= 15 is 0 Å². The Hall–Kier alpha value is -0.0800. The van der Waals surface area contributed by atoms with Crippen LogP contribution < -0.4 is 0 Å². The number of rotatable bonds is 6. The maximum atomic E-state index is 10.7. The van der Waals surface area contributed by atoms with Gasteiger partial charge in [0.1, 0.15) is 0 Å². The first-order valence-electron chi connectivity index (χ1n) is 4.40. The molecule has 2 nitrogen and oxygen atoms in total. The summed E-state index contributed by atoms with van der Waals surface area (Å²) in [4.78, 5) is 10.7. The van der Waals surface area contributed by atoms with Gasteiger partial charge in [-0.2, -0.15) is 0 Å². The molecule has 0 amide bonds. The zero-order valence-corrected chi connectivity index (χ0v) is 8.73. The Bertz CT molecular complexity index is 136.